The van der Waals surface area contributed by atoms with Crippen molar-refractivity contribution in [2.75, 3.05) is 19.7 Å². The molecular formula is C15H25NO4. The summed E-state index contributed by atoms with van der Waals surface area (Å²) in [6, 6.07) is 0. The quantitative estimate of drug-likeness (QED) is 0.855. The predicted molar refractivity (Wildman–Crippen MR) is 74.3 cm³/mol. The van der Waals surface area contributed by atoms with E-state index in [-0.39, 0.29) is 24.3 Å². The van der Waals surface area contributed by atoms with Crippen LogP contribution >= 0.6 is 0 Å². The van der Waals surface area contributed by atoms with Crippen molar-refractivity contribution in [3.8, 4) is 0 Å². The van der Waals surface area contributed by atoms with E-state index in [2.05, 4.69) is 0 Å². The van der Waals surface area contributed by atoms with Crippen molar-refractivity contribution in [3.63, 3.8) is 0 Å². The molecule has 1 N–H and O–H groups in total. The van der Waals surface area contributed by atoms with E-state index in [1.165, 1.54) is 0 Å². The lowest BCUT2D eigenvalue weighted by Gasteiger charge is -2.36. The molecule has 2 aliphatic rings. The second kappa shape index (κ2) is 7.07. The van der Waals surface area contributed by atoms with Crippen LogP contribution in [0.1, 0.15) is 45.4 Å². The number of carbonyl (C=O) groups is 2. The third-order valence-electron chi connectivity index (χ3n) is 4.43. The minimum Gasteiger partial charge on any atom is -0.481 e. The largest absolute Gasteiger partial charge is 0.481 e. The van der Waals surface area contributed by atoms with Gasteiger partial charge in [-0.3, -0.25) is 9.59 Å². The van der Waals surface area contributed by atoms with Crippen LogP contribution in [0, 0.1) is 11.8 Å². The molecule has 0 aliphatic carbocycles. The maximum absolute atomic E-state index is 12.5. The molecule has 114 valence electrons. The lowest BCUT2D eigenvalue weighted by Crippen LogP contribution is -2.45. The van der Waals surface area contributed by atoms with Gasteiger partial charge in [0.2, 0.25) is 5.91 Å². The Bertz CT molecular complexity index is 358. The van der Waals surface area contributed by atoms with Crippen LogP contribution in [-0.2, 0) is 14.3 Å². The molecular weight excluding hydrogens is 258 g/mol. The Labute approximate surface area is 120 Å². The van der Waals surface area contributed by atoms with E-state index in [1.807, 2.05) is 11.8 Å². The predicted octanol–water partition coefficient (Wildman–Crippen LogP) is 1.90. The van der Waals surface area contributed by atoms with Crippen LogP contribution in [0.5, 0.6) is 0 Å². The zero-order valence-electron chi connectivity index (χ0n) is 12.2. The van der Waals surface area contributed by atoms with Gasteiger partial charge in [0, 0.05) is 32.0 Å². The summed E-state index contributed by atoms with van der Waals surface area (Å²) >= 11 is 0. The maximum Gasteiger partial charge on any atom is 0.303 e. The standard InChI is InChI=1S/C15H25NO4/c1-11-9-13(6-8-20-11)15(19)16-7-2-3-12(10-16)4-5-14(17)18/h11-13H,2-10H2,1H3,(H,17,18). The Balaban J connectivity index is 1.84. The van der Waals surface area contributed by atoms with Gasteiger partial charge in [-0.1, -0.05) is 0 Å². The molecule has 2 rings (SSSR count). The van der Waals surface area contributed by atoms with Gasteiger partial charge < -0.3 is 14.7 Å². The smallest absolute Gasteiger partial charge is 0.303 e. The van der Waals surface area contributed by atoms with E-state index < -0.39 is 5.97 Å². The molecule has 0 aromatic carbocycles. The van der Waals surface area contributed by atoms with Gasteiger partial charge in [-0.25, -0.2) is 0 Å². The lowest BCUT2D eigenvalue weighted by atomic mass is 9.90. The first-order chi connectivity index (χ1) is 9.56. The van der Waals surface area contributed by atoms with Crippen LogP contribution in [0.25, 0.3) is 0 Å². The molecule has 2 fully saturated rings. The van der Waals surface area contributed by atoms with Crippen LogP contribution in [0.3, 0.4) is 0 Å². The van der Waals surface area contributed by atoms with Gasteiger partial charge in [-0.2, -0.15) is 0 Å². The minimum atomic E-state index is -0.744. The summed E-state index contributed by atoms with van der Waals surface area (Å²) in [5.41, 5.74) is 0. The fraction of sp³-hybridized carbons (Fsp3) is 0.867. The highest BCUT2D eigenvalue weighted by atomic mass is 16.5. The molecule has 0 aromatic rings. The molecule has 3 atom stereocenters. The lowest BCUT2D eigenvalue weighted by molar-refractivity contribution is -0.142. The van der Waals surface area contributed by atoms with Crippen molar-refractivity contribution in [1.82, 2.24) is 4.90 Å². The van der Waals surface area contributed by atoms with Gasteiger partial charge >= 0.3 is 5.97 Å². The van der Waals surface area contributed by atoms with E-state index in [0.29, 0.717) is 18.9 Å². The van der Waals surface area contributed by atoms with Crippen molar-refractivity contribution in [1.29, 1.82) is 0 Å². The number of rotatable bonds is 4. The number of ether oxygens (including phenoxy) is 1. The zero-order valence-corrected chi connectivity index (χ0v) is 12.2. The van der Waals surface area contributed by atoms with Crippen LogP contribution in [-0.4, -0.2) is 47.7 Å². The Morgan fingerprint density at radius 2 is 2.15 bits per heavy atom. The van der Waals surface area contributed by atoms with Crippen LogP contribution in [0.4, 0.5) is 0 Å². The van der Waals surface area contributed by atoms with E-state index in [0.717, 1.165) is 38.8 Å². The summed E-state index contributed by atoms with van der Waals surface area (Å²) in [7, 11) is 0. The average molecular weight is 283 g/mol. The molecule has 2 aliphatic heterocycles. The number of piperidine rings is 1. The van der Waals surface area contributed by atoms with Gasteiger partial charge in [0.05, 0.1) is 6.10 Å². The molecule has 20 heavy (non-hydrogen) atoms. The van der Waals surface area contributed by atoms with Gasteiger partial charge in [0.15, 0.2) is 0 Å². The Morgan fingerprint density at radius 3 is 2.85 bits per heavy atom. The van der Waals surface area contributed by atoms with Crippen LogP contribution in [0.15, 0.2) is 0 Å². The number of likely N-dealkylation sites (tertiary alicyclic amines) is 1. The second-order valence-electron chi connectivity index (χ2n) is 6.13. The average Bonchev–Trinajstić information content (AvgIpc) is 2.44. The minimum absolute atomic E-state index is 0.0944. The van der Waals surface area contributed by atoms with E-state index in [9.17, 15) is 9.59 Å². The van der Waals surface area contributed by atoms with Crippen LogP contribution in [0.2, 0.25) is 0 Å². The SMILES string of the molecule is CC1CC(C(=O)N2CCCC(CCC(=O)O)C2)CCO1. The van der Waals surface area contributed by atoms with Crippen molar-refractivity contribution in [3.05, 3.63) is 0 Å². The van der Waals surface area contributed by atoms with Gasteiger partial charge in [0.1, 0.15) is 0 Å². The Morgan fingerprint density at radius 1 is 1.35 bits per heavy atom. The number of hydrogen-bond acceptors (Lipinski definition) is 3. The third kappa shape index (κ3) is 4.20. The summed E-state index contributed by atoms with van der Waals surface area (Å²) in [6.07, 6.45) is 4.74. The van der Waals surface area contributed by atoms with Crippen molar-refractivity contribution in [2.45, 2.75) is 51.6 Å². The Hall–Kier alpha value is -1.10. The van der Waals surface area contributed by atoms with Crippen molar-refractivity contribution < 1.29 is 19.4 Å². The molecule has 2 heterocycles. The highest BCUT2D eigenvalue weighted by Crippen LogP contribution is 2.26. The maximum atomic E-state index is 12.5. The highest BCUT2D eigenvalue weighted by molar-refractivity contribution is 5.79. The fourth-order valence-corrected chi connectivity index (χ4v) is 3.31. The zero-order chi connectivity index (χ0) is 14.5. The van der Waals surface area contributed by atoms with E-state index in [4.69, 9.17) is 9.84 Å². The highest BCUT2D eigenvalue weighted by Gasteiger charge is 2.31. The van der Waals surface area contributed by atoms with Gasteiger partial charge in [-0.05, 0) is 44.9 Å². The first-order valence-corrected chi connectivity index (χ1v) is 7.68. The summed E-state index contributed by atoms with van der Waals surface area (Å²) in [5, 5.41) is 8.76. The van der Waals surface area contributed by atoms with Gasteiger partial charge in [-0.15, -0.1) is 0 Å². The number of carboxylic acid groups (broad SMARTS) is 1. The van der Waals surface area contributed by atoms with Gasteiger partial charge in [0.25, 0.3) is 0 Å². The third-order valence-corrected chi connectivity index (χ3v) is 4.43. The first-order valence-electron chi connectivity index (χ1n) is 7.68. The van der Waals surface area contributed by atoms with Crippen molar-refractivity contribution in [2.24, 2.45) is 11.8 Å². The Kier molecular flexibility index (Phi) is 5.40. The number of carboxylic acids is 1. The molecule has 5 nitrogen and oxygen atoms in total. The molecule has 1 amide bonds. The first kappa shape index (κ1) is 15.3. The van der Waals surface area contributed by atoms with E-state index >= 15 is 0 Å². The molecule has 0 radical (unpaired) electrons. The molecule has 0 saturated carbocycles. The molecule has 5 heteroatoms. The fourth-order valence-electron chi connectivity index (χ4n) is 3.31. The number of amides is 1. The molecule has 0 bridgehead atoms. The van der Waals surface area contributed by atoms with Crippen molar-refractivity contribution >= 4 is 11.9 Å². The van der Waals surface area contributed by atoms with Crippen LogP contribution < -0.4 is 0 Å². The number of hydrogen-bond donors (Lipinski definition) is 1. The summed E-state index contributed by atoms with van der Waals surface area (Å²) in [6.45, 7) is 4.26. The number of aliphatic carboxylic acids is 1. The summed E-state index contributed by atoms with van der Waals surface area (Å²) < 4.78 is 5.50. The summed E-state index contributed by atoms with van der Waals surface area (Å²) in [4.78, 5) is 25.1. The monoisotopic (exact) mass is 283 g/mol. The molecule has 0 spiro atoms. The molecule has 2 saturated heterocycles. The topological polar surface area (TPSA) is 66.8 Å². The number of carbonyl (C=O) groups excluding carboxylic acids is 1. The second-order valence-corrected chi connectivity index (χ2v) is 6.13. The number of nitrogens with zero attached hydrogens (tertiary/aromatic N) is 1. The normalized spacial score (nSPS) is 31.1. The summed E-state index contributed by atoms with van der Waals surface area (Å²) in [5.74, 6) is -0.0510. The van der Waals surface area contributed by atoms with E-state index in [1.54, 1.807) is 0 Å². The molecule has 3 unspecified atom stereocenters. The molecule has 0 aromatic heterocycles.